The summed E-state index contributed by atoms with van der Waals surface area (Å²) in [5, 5.41) is 11.1. The molecule has 41 heavy (non-hydrogen) atoms. The van der Waals surface area contributed by atoms with Crippen LogP contribution in [-0.2, 0) is 9.53 Å². The van der Waals surface area contributed by atoms with Gasteiger partial charge < -0.3 is 26.0 Å². The Hall–Kier alpha value is -2.79. The first-order chi connectivity index (χ1) is 19.7. The molecule has 0 aromatic carbocycles. The van der Waals surface area contributed by atoms with E-state index >= 15 is 0 Å². The van der Waals surface area contributed by atoms with E-state index in [0.717, 1.165) is 57.3 Å². The van der Waals surface area contributed by atoms with E-state index in [1.54, 1.807) is 4.90 Å². The van der Waals surface area contributed by atoms with Gasteiger partial charge in [-0.2, -0.15) is 0 Å². The molecule has 3 fully saturated rings. The fourth-order valence-electron chi connectivity index (χ4n) is 7.11. The maximum absolute atomic E-state index is 13.7. The minimum atomic E-state index is -0.560. The van der Waals surface area contributed by atoms with Gasteiger partial charge in [-0.1, -0.05) is 44.9 Å². The van der Waals surface area contributed by atoms with Crippen molar-refractivity contribution in [1.82, 2.24) is 30.1 Å². The van der Waals surface area contributed by atoms with Crippen LogP contribution in [0.5, 0.6) is 0 Å². The summed E-state index contributed by atoms with van der Waals surface area (Å²) >= 11 is 0. The van der Waals surface area contributed by atoms with Crippen LogP contribution in [0.1, 0.15) is 100 Å². The van der Waals surface area contributed by atoms with Gasteiger partial charge in [-0.3, -0.25) is 9.59 Å². The van der Waals surface area contributed by atoms with Crippen LogP contribution in [0.25, 0.3) is 5.65 Å². The number of nitrogens with one attached hydrogen (secondary N) is 2. The Balaban J connectivity index is 1.33. The summed E-state index contributed by atoms with van der Waals surface area (Å²) in [4.78, 5) is 31.8. The number of carbonyl (C=O) groups excluding carboxylic acids is 2. The molecule has 1 aliphatic heterocycles. The number of halogens is 1. The standard InChI is InChI=1S/C30H46FN7O3/c1-37(2)29(40)20-10-12-22(13-11-20)41-24-16-30(14-8-6-4-3-5-7-9-15-30)34-18-23(24)35-28(39)25-26(32)36-38-19-21(31)17-33-27(25)38/h17,19-20,22-24,34H,3-16,18H2,1-2H3,(H2,32,36)(H,35,39). The third kappa shape index (κ3) is 6.99. The number of rotatable bonds is 5. The molecule has 4 N–H and O–H groups in total. The lowest BCUT2D eigenvalue weighted by atomic mass is 9.76. The second-order valence-corrected chi connectivity index (χ2v) is 12.6. The molecule has 2 aliphatic carbocycles. The number of ether oxygens (including phenoxy) is 1. The van der Waals surface area contributed by atoms with Crippen molar-refractivity contribution in [3.05, 3.63) is 23.8 Å². The van der Waals surface area contributed by atoms with Gasteiger partial charge in [-0.15, -0.1) is 5.10 Å². The van der Waals surface area contributed by atoms with Gasteiger partial charge in [0.05, 0.1) is 30.6 Å². The molecule has 2 aromatic rings. The molecule has 1 spiro atoms. The number of fused-ring (bicyclic) bond motifs is 1. The molecule has 3 heterocycles. The van der Waals surface area contributed by atoms with Crippen molar-refractivity contribution >= 4 is 23.3 Å². The van der Waals surface area contributed by atoms with Crippen molar-refractivity contribution in [2.24, 2.45) is 5.92 Å². The predicted molar refractivity (Wildman–Crippen MR) is 155 cm³/mol. The Morgan fingerprint density at radius 1 is 1.10 bits per heavy atom. The average Bonchev–Trinajstić information content (AvgIpc) is 3.28. The smallest absolute Gasteiger partial charge is 0.259 e. The fraction of sp³-hybridized carbons (Fsp3) is 0.733. The number of nitrogens with two attached hydrogens (primary N) is 1. The molecule has 11 heteroatoms. The number of anilines is 1. The normalized spacial score (nSPS) is 27.4. The first-order valence-corrected chi connectivity index (χ1v) is 15.5. The second-order valence-electron chi connectivity index (χ2n) is 12.6. The van der Waals surface area contributed by atoms with Gasteiger partial charge in [-0.05, 0) is 44.9 Å². The highest BCUT2D eigenvalue weighted by atomic mass is 19.1. The zero-order valence-corrected chi connectivity index (χ0v) is 24.5. The zero-order valence-electron chi connectivity index (χ0n) is 24.5. The summed E-state index contributed by atoms with van der Waals surface area (Å²) in [7, 11) is 3.63. The number of aromatic nitrogens is 3. The van der Waals surface area contributed by atoms with Crippen LogP contribution in [0.15, 0.2) is 12.4 Å². The quantitative estimate of drug-likeness (QED) is 0.498. The molecule has 2 amide bonds. The van der Waals surface area contributed by atoms with Crippen molar-refractivity contribution in [2.45, 2.75) is 114 Å². The summed E-state index contributed by atoms with van der Waals surface area (Å²) < 4.78 is 21.7. The monoisotopic (exact) mass is 571 g/mol. The van der Waals surface area contributed by atoms with Gasteiger partial charge in [0.2, 0.25) is 5.91 Å². The molecule has 2 atom stereocenters. The van der Waals surface area contributed by atoms with E-state index < -0.39 is 5.82 Å². The molecule has 0 bridgehead atoms. The lowest BCUT2D eigenvalue weighted by Gasteiger charge is -2.47. The first kappa shape index (κ1) is 29.7. The molecule has 5 rings (SSSR count). The van der Waals surface area contributed by atoms with Crippen LogP contribution < -0.4 is 16.4 Å². The minimum Gasteiger partial charge on any atom is -0.381 e. The van der Waals surface area contributed by atoms with Gasteiger partial charge in [0.1, 0.15) is 5.56 Å². The van der Waals surface area contributed by atoms with Crippen LogP contribution in [-0.4, -0.2) is 75.7 Å². The number of nitrogens with zero attached hydrogens (tertiary/aromatic N) is 4. The molecule has 226 valence electrons. The van der Waals surface area contributed by atoms with Crippen molar-refractivity contribution in [3.63, 3.8) is 0 Å². The second kappa shape index (κ2) is 13.0. The average molecular weight is 572 g/mol. The number of hydrogen-bond acceptors (Lipinski definition) is 7. The highest BCUT2D eigenvalue weighted by Crippen LogP contribution is 2.36. The number of nitrogen functional groups attached to an aromatic ring is 1. The summed E-state index contributed by atoms with van der Waals surface area (Å²) in [5.41, 5.74) is 6.44. The van der Waals surface area contributed by atoms with E-state index in [2.05, 4.69) is 20.7 Å². The topological polar surface area (TPSA) is 127 Å². The summed E-state index contributed by atoms with van der Waals surface area (Å²) in [5.74, 6) is -0.701. The van der Waals surface area contributed by atoms with Crippen molar-refractivity contribution < 1.29 is 18.7 Å². The maximum atomic E-state index is 13.7. The molecular formula is C30H46FN7O3. The third-order valence-corrected chi connectivity index (χ3v) is 9.39. The molecular weight excluding hydrogens is 525 g/mol. The number of hydrogen-bond donors (Lipinski definition) is 3. The molecule has 3 aliphatic rings. The highest BCUT2D eigenvalue weighted by Gasteiger charge is 2.43. The lowest BCUT2D eigenvalue weighted by Crippen LogP contribution is -2.64. The number of piperidine rings is 1. The van der Waals surface area contributed by atoms with Gasteiger partial charge in [-0.25, -0.2) is 13.9 Å². The highest BCUT2D eigenvalue weighted by molar-refractivity contribution is 6.04. The summed E-state index contributed by atoms with van der Waals surface area (Å²) in [6.45, 7) is 0.589. The fourth-order valence-corrected chi connectivity index (χ4v) is 7.11. The van der Waals surface area contributed by atoms with Crippen LogP contribution >= 0.6 is 0 Å². The van der Waals surface area contributed by atoms with Crippen LogP contribution in [0.3, 0.4) is 0 Å². The Bertz CT molecular complexity index is 1200. The first-order valence-electron chi connectivity index (χ1n) is 15.5. The molecule has 10 nitrogen and oxygen atoms in total. The molecule has 2 unspecified atom stereocenters. The Morgan fingerprint density at radius 3 is 2.41 bits per heavy atom. The van der Waals surface area contributed by atoms with Crippen molar-refractivity contribution in [2.75, 3.05) is 26.4 Å². The molecule has 1 saturated heterocycles. The van der Waals surface area contributed by atoms with Crippen molar-refractivity contribution in [3.8, 4) is 0 Å². The Morgan fingerprint density at radius 2 is 1.76 bits per heavy atom. The summed E-state index contributed by atoms with van der Waals surface area (Å²) in [6.07, 6.45) is 17.2. The van der Waals surface area contributed by atoms with Crippen molar-refractivity contribution in [1.29, 1.82) is 0 Å². The van der Waals surface area contributed by atoms with E-state index in [4.69, 9.17) is 10.5 Å². The van der Waals surface area contributed by atoms with Crippen LogP contribution in [0.4, 0.5) is 10.2 Å². The predicted octanol–water partition coefficient (Wildman–Crippen LogP) is 3.84. The largest absolute Gasteiger partial charge is 0.381 e. The molecule has 2 aromatic heterocycles. The van der Waals surface area contributed by atoms with E-state index in [-0.39, 0.29) is 58.5 Å². The molecule has 0 radical (unpaired) electrons. The maximum Gasteiger partial charge on any atom is 0.259 e. The SMILES string of the molecule is CN(C)C(=O)C1CCC(OC2CC3(CCCCCCCCC3)NCC2NC(=O)c2c(N)nn3cc(F)cnc23)CC1. The zero-order chi connectivity index (χ0) is 29.0. The van der Waals surface area contributed by atoms with Gasteiger partial charge in [0.15, 0.2) is 17.3 Å². The Kier molecular flexibility index (Phi) is 9.43. The third-order valence-electron chi connectivity index (χ3n) is 9.39. The van der Waals surface area contributed by atoms with Gasteiger partial charge in [0, 0.05) is 32.1 Å². The number of carbonyl (C=O) groups is 2. The van der Waals surface area contributed by atoms with Gasteiger partial charge in [0.25, 0.3) is 5.91 Å². The lowest BCUT2D eigenvalue weighted by molar-refractivity contribution is -0.136. The Labute approximate surface area is 242 Å². The van der Waals surface area contributed by atoms with Crippen LogP contribution in [0, 0.1) is 11.7 Å². The van der Waals surface area contributed by atoms with Crippen LogP contribution in [0.2, 0.25) is 0 Å². The van der Waals surface area contributed by atoms with E-state index in [1.165, 1.54) is 49.5 Å². The van der Waals surface area contributed by atoms with E-state index in [0.29, 0.717) is 6.54 Å². The van der Waals surface area contributed by atoms with E-state index in [9.17, 15) is 14.0 Å². The minimum absolute atomic E-state index is 0.00882. The number of amides is 2. The van der Waals surface area contributed by atoms with Gasteiger partial charge >= 0.3 is 0 Å². The van der Waals surface area contributed by atoms with E-state index in [1.807, 2.05) is 14.1 Å². The molecule has 2 saturated carbocycles. The summed E-state index contributed by atoms with van der Waals surface area (Å²) in [6, 6.07) is -0.278.